The second kappa shape index (κ2) is 7.21. The number of nitrogens with two attached hydrogens (primary N) is 2. The minimum atomic E-state index is -0.322. The molecule has 110 valence electrons. The van der Waals surface area contributed by atoms with Crippen LogP contribution >= 0.6 is 12.4 Å². The van der Waals surface area contributed by atoms with Gasteiger partial charge in [0.25, 0.3) is 0 Å². The zero-order valence-corrected chi connectivity index (χ0v) is 11.9. The monoisotopic (exact) mass is 305 g/mol. The average Bonchev–Trinajstić information content (AvgIpc) is 2.40. The summed E-state index contributed by atoms with van der Waals surface area (Å²) in [5, 5.41) is 12.3. The summed E-state index contributed by atoms with van der Waals surface area (Å²) in [5.41, 5.74) is 13.4. The van der Waals surface area contributed by atoms with Gasteiger partial charge in [-0.2, -0.15) is 0 Å². The maximum Gasteiger partial charge on any atom is 0.248 e. The van der Waals surface area contributed by atoms with Crippen LogP contribution in [0.3, 0.4) is 0 Å². The topological polar surface area (TPSA) is 101 Å². The molecule has 0 saturated carbocycles. The van der Waals surface area contributed by atoms with Crippen molar-refractivity contribution in [3.05, 3.63) is 54.1 Å². The first-order valence-electron chi connectivity index (χ1n) is 5.98. The molecule has 1 amide bonds. The fraction of sp³-hybridized carbons (Fsp3) is 0. The van der Waals surface area contributed by atoms with Crippen LogP contribution in [-0.4, -0.2) is 11.0 Å². The first kappa shape index (κ1) is 16.4. The minimum Gasteiger partial charge on any atom is -0.507 e. The lowest BCUT2D eigenvalue weighted by Gasteiger charge is -2.03. The van der Waals surface area contributed by atoms with E-state index in [0.29, 0.717) is 22.6 Å². The van der Waals surface area contributed by atoms with Crippen LogP contribution in [0, 0.1) is 0 Å². The lowest BCUT2D eigenvalue weighted by Crippen LogP contribution is -2.07. The quantitative estimate of drug-likeness (QED) is 0.398. The lowest BCUT2D eigenvalue weighted by atomic mass is 10.1. The van der Waals surface area contributed by atoms with Crippen molar-refractivity contribution in [2.75, 3.05) is 16.8 Å². The number of halogens is 1. The first-order valence-corrected chi connectivity index (χ1v) is 5.98. The number of nitrogen functional groups attached to an aromatic ring is 2. The van der Waals surface area contributed by atoms with E-state index in [0.717, 1.165) is 0 Å². The van der Waals surface area contributed by atoms with Crippen LogP contribution in [-0.2, 0) is 4.79 Å². The van der Waals surface area contributed by atoms with Gasteiger partial charge in [0, 0.05) is 28.7 Å². The zero-order valence-electron chi connectivity index (χ0n) is 11.1. The predicted molar refractivity (Wildman–Crippen MR) is 88.3 cm³/mol. The van der Waals surface area contributed by atoms with Crippen molar-refractivity contribution in [1.29, 1.82) is 0 Å². The Labute approximate surface area is 128 Å². The highest BCUT2D eigenvalue weighted by Gasteiger charge is 2.01. The van der Waals surface area contributed by atoms with Gasteiger partial charge in [0.1, 0.15) is 5.75 Å². The molecule has 0 heterocycles. The van der Waals surface area contributed by atoms with Crippen LogP contribution in [0.2, 0.25) is 0 Å². The van der Waals surface area contributed by atoms with Crippen LogP contribution in [0.15, 0.2) is 48.5 Å². The van der Waals surface area contributed by atoms with Crippen LogP contribution < -0.4 is 16.8 Å². The van der Waals surface area contributed by atoms with E-state index in [2.05, 4.69) is 5.32 Å². The van der Waals surface area contributed by atoms with Gasteiger partial charge in [0.2, 0.25) is 5.91 Å². The zero-order chi connectivity index (χ0) is 14.5. The molecule has 0 aliphatic carbocycles. The molecule has 2 aromatic rings. The molecule has 0 aliphatic rings. The van der Waals surface area contributed by atoms with E-state index in [9.17, 15) is 9.90 Å². The van der Waals surface area contributed by atoms with E-state index in [-0.39, 0.29) is 24.1 Å². The van der Waals surface area contributed by atoms with Gasteiger partial charge >= 0.3 is 0 Å². The second-order valence-electron chi connectivity index (χ2n) is 4.27. The number of carbonyl (C=O) groups is 1. The van der Waals surface area contributed by atoms with Crippen molar-refractivity contribution in [3.63, 3.8) is 0 Å². The molecule has 0 aromatic heterocycles. The Morgan fingerprint density at radius 3 is 2.52 bits per heavy atom. The van der Waals surface area contributed by atoms with Gasteiger partial charge in [-0.05, 0) is 42.5 Å². The maximum absolute atomic E-state index is 11.7. The van der Waals surface area contributed by atoms with Crippen molar-refractivity contribution >= 4 is 41.5 Å². The van der Waals surface area contributed by atoms with Gasteiger partial charge < -0.3 is 21.9 Å². The largest absolute Gasteiger partial charge is 0.507 e. The number of rotatable bonds is 3. The van der Waals surface area contributed by atoms with Crippen molar-refractivity contribution in [2.24, 2.45) is 0 Å². The molecule has 0 fully saturated rings. The summed E-state index contributed by atoms with van der Waals surface area (Å²) < 4.78 is 0. The van der Waals surface area contributed by atoms with Crippen LogP contribution in [0.25, 0.3) is 6.08 Å². The molecule has 0 unspecified atom stereocenters. The molecule has 6 heteroatoms. The number of aromatic hydroxyl groups is 1. The highest BCUT2D eigenvalue weighted by Crippen LogP contribution is 2.21. The Morgan fingerprint density at radius 2 is 1.81 bits per heavy atom. The number of carbonyl (C=O) groups excluding carboxylic acids is 1. The molecule has 5 nitrogen and oxygen atoms in total. The van der Waals surface area contributed by atoms with E-state index < -0.39 is 0 Å². The number of phenols is 1. The van der Waals surface area contributed by atoms with Gasteiger partial charge in [-0.15, -0.1) is 12.4 Å². The molecular weight excluding hydrogens is 290 g/mol. The SMILES string of the molecule is Cl.Nc1cccc(NC(=O)/C=C/c2cc(N)ccc2O)c1. The fourth-order valence-electron chi connectivity index (χ4n) is 1.67. The molecule has 2 rings (SSSR count). The third-order valence-corrected chi connectivity index (χ3v) is 2.62. The van der Waals surface area contributed by atoms with Crippen molar-refractivity contribution in [1.82, 2.24) is 0 Å². The third kappa shape index (κ3) is 4.74. The van der Waals surface area contributed by atoms with Crippen molar-refractivity contribution in [2.45, 2.75) is 0 Å². The van der Waals surface area contributed by atoms with E-state index >= 15 is 0 Å². The Kier molecular flexibility index (Phi) is 5.63. The Morgan fingerprint density at radius 1 is 1.10 bits per heavy atom. The fourth-order valence-corrected chi connectivity index (χ4v) is 1.67. The number of hydrogen-bond donors (Lipinski definition) is 4. The highest BCUT2D eigenvalue weighted by molar-refractivity contribution is 6.02. The smallest absolute Gasteiger partial charge is 0.248 e. The van der Waals surface area contributed by atoms with Crippen LogP contribution in [0.4, 0.5) is 17.1 Å². The highest BCUT2D eigenvalue weighted by atomic mass is 35.5. The summed E-state index contributed by atoms with van der Waals surface area (Å²) >= 11 is 0. The third-order valence-electron chi connectivity index (χ3n) is 2.62. The van der Waals surface area contributed by atoms with E-state index in [1.807, 2.05) is 0 Å². The minimum absolute atomic E-state index is 0. The molecular formula is C15H16ClN3O2. The van der Waals surface area contributed by atoms with Gasteiger partial charge in [0.05, 0.1) is 0 Å². The number of nitrogens with one attached hydrogen (secondary N) is 1. The molecule has 21 heavy (non-hydrogen) atoms. The lowest BCUT2D eigenvalue weighted by molar-refractivity contribution is -0.111. The molecule has 2 aromatic carbocycles. The van der Waals surface area contributed by atoms with Gasteiger partial charge in [-0.1, -0.05) is 6.07 Å². The standard InChI is InChI=1S/C15H15N3O2.ClH/c16-11-2-1-3-13(9-11)18-15(20)7-4-10-8-12(17)5-6-14(10)19;/h1-9,19H,16-17H2,(H,18,20);1H/b7-4+;. The van der Waals surface area contributed by atoms with Gasteiger partial charge in [-0.25, -0.2) is 0 Å². The van der Waals surface area contributed by atoms with E-state index in [1.54, 1.807) is 36.4 Å². The molecule has 0 bridgehead atoms. The van der Waals surface area contributed by atoms with Gasteiger partial charge in [0.15, 0.2) is 0 Å². The van der Waals surface area contributed by atoms with Crippen LogP contribution in [0.5, 0.6) is 5.75 Å². The predicted octanol–water partition coefficient (Wildman–Crippen LogP) is 2.63. The second-order valence-corrected chi connectivity index (χ2v) is 4.27. The Hall–Kier alpha value is -2.66. The summed E-state index contributed by atoms with van der Waals surface area (Å²) in [4.78, 5) is 11.7. The summed E-state index contributed by atoms with van der Waals surface area (Å²) in [7, 11) is 0. The molecule has 0 atom stereocenters. The Bertz CT molecular complexity index is 672. The number of phenolic OH excluding ortho intramolecular Hbond substituents is 1. The summed E-state index contributed by atoms with van der Waals surface area (Å²) in [6, 6.07) is 11.5. The number of benzene rings is 2. The molecule has 0 radical (unpaired) electrons. The van der Waals surface area contributed by atoms with Crippen molar-refractivity contribution in [3.8, 4) is 5.75 Å². The molecule has 6 N–H and O–H groups in total. The molecule has 0 saturated heterocycles. The molecule has 0 spiro atoms. The summed E-state index contributed by atoms with van der Waals surface area (Å²) in [6.45, 7) is 0. The number of anilines is 3. The molecule has 0 aliphatic heterocycles. The number of hydrogen-bond acceptors (Lipinski definition) is 4. The van der Waals surface area contributed by atoms with E-state index in [4.69, 9.17) is 11.5 Å². The van der Waals surface area contributed by atoms with Gasteiger partial charge in [-0.3, -0.25) is 4.79 Å². The summed E-state index contributed by atoms with van der Waals surface area (Å²) in [6.07, 6.45) is 2.81. The normalized spacial score (nSPS) is 10.1. The summed E-state index contributed by atoms with van der Waals surface area (Å²) in [5.74, 6) is -0.260. The van der Waals surface area contributed by atoms with Crippen LogP contribution in [0.1, 0.15) is 5.56 Å². The average molecular weight is 306 g/mol. The Balaban J connectivity index is 0.00000220. The van der Waals surface area contributed by atoms with E-state index in [1.165, 1.54) is 18.2 Å². The first-order chi connectivity index (χ1) is 9.54. The maximum atomic E-state index is 11.7. The number of amides is 1. The van der Waals surface area contributed by atoms with Crippen molar-refractivity contribution < 1.29 is 9.90 Å².